The standard InChI is InChI=1S/C11H15NS/c1-2-10-6-11(10)12(4-1)7-9-3-5-13-8-9/h3,5,8,10-11H,1-2,4,6-7H2. The summed E-state index contributed by atoms with van der Waals surface area (Å²) in [5.74, 6) is 1.06. The van der Waals surface area contributed by atoms with E-state index in [0.29, 0.717) is 0 Å². The quantitative estimate of drug-likeness (QED) is 0.698. The molecule has 70 valence electrons. The van der Waals surface area contributed by atoms with E-state index in [2.05, 4.69) is 21.7 Å². The van der Waals surface area contributed by atoms with Crippen molar-refractivity contribution in [2.75, 3.05) is 6.54 Å². The van der Waals surface area contributed by atoms with Crippen LogP contribution in [0.2, 0.25) is 0 Å². The van der Waals surface area contributed by atoms with Crippen LogP contribution in [0.5, 0.6) is 0 Å². The number of piperidine rings is 1. The highest BCUT2D eigenvalue weighted by molar-refractivity contribution is 7.07. The molecule has 1 nitrogen and oxygen atoms in total. The lowest BCUT2D eigenvalue weighted by Gasteiger charge is -2.25. The highest BCUT2D eigenvalue weighted by atomic mass is 32.1. The SMILES string of the molecule is c1cc(CN2CCCC3CC32)cs1. The maximum Gasteiger partial charge on any atom is 0.0245 e. The Morgan fingerprint density at radius 3 is 3.38 bits per heavy atom. The Hall–Kier alpha value is -0.340. The fourth-order valence-electron chi connectivity index (χ4n) is 2.52. The summed E-state index contributed by atoms with van der Waals surface area (Å²) in [5, 5.41) is 4.47. The molecule has 2 heterocycles. The number of hydrogen-bond acceptors (Lipinski definition) is 2. The van der Waals surface area contributed by atoms with Gasteiger partial charge in [0, 0.05) is 12.6 Å². The van der Waals surface area contributed by atoms with Gasteiger partial charge in [0.2, 0.25) is 0 Å². The van der Waals surface area contributed by atoms with E-state index >= 15 is 0 Å². The smallest absolute Gasteiger partial charge is 0.0245 e. The van der Waals surface area contributed by atoms with Gasteiger partial charge in [-0.05, 0) is 54.1 Å². The lowest BCUT2D eigenvalue weighted by atomic mass is 10.1. The summed E-state index contributed by atoms with van der Waals surface area (Å²) < 4.78 is 0. The molecule has 2 atom stereocenters. The minimum Gasteiger partial charge on any atom is -0.296 e. The molecule has 1 aromatic rings. The Morgan fingerprint density at radius 1 is 1.54 bits per heavy atom. The van der Waals surface area contributed by atoms with Crippen molar-refractivity contribution in [3.63, 3.8) is 0 Å². The van der Waals surface area contributed by atoms with E-state index in [0.717, 1.165) is 12.0 Å². The van der Waals surface area contributed by atoms with E-state index in [4.69, 9.17) is 0 Å². The van der Waals surface area contributed by atoms with Crippen molar-refractivity contribution < 1.29 is 0 Å². The minimum absolute atomic E-state index is 0.952. The van der Waals surface area contributed by atoms with Crippen LogP contribution < -0.4 is 0 Å². The van der Waals surface area contributed by atoms with Crippen LogP contribution in [0.3, 0.4) is 0 Å². The minimum atomic E-state index is 0.952. The molecule has 0 spiro atoms. The van der Waals surface area contributed by atoms with Crippen LogP contribution in [0.4, 0.5) is 0 Å². The Balaban J connectivity index is 1.66. The molecule has 1 aromatic heterocycles. The van der Waals surface area contributed by atoms with Crippen LogP contribution in [-0.2, 0) is 6.54 Å². The summed E-state index contributed by atoms with van der Waals surface area (Å²) in [5.41, 5.74) is 1.51. The van der Waals surface area contributed by atoms with Gasteiger partial charge in [-0.15, -0.1) is 0 Å². The van der Waals surface area contributed by atoms with E-state index in [1.807, 2.05) is 11.3 Å². The van der Waals surface area contributed by atoms with Gasteiger partial charge >= 0.3 is 0 Å². The van der Waals surface area contributed by atoms with Crippen LogP contribution in [0.25, 0.3) is 0 Å². The Bertz CT molecular complexity index is 280. The number of rotatable bonds is 2. The molecule has 1 saturated heterocycles. The van der Waals surface area contributed by atoms with Crippen LogP contribution in [0, 0.1) is 5.92 Å². The van der Waals surface area contributed by atoms with Gasteiger partial charge in [0.25, 0.3) is 0 Å². The fourth-order valence-corrected chi connectivity index (χ4v) is 3.18. The van der Waals surface area contributed by atoms with Crippen molar-refractivity contribution in [3.05, 3.63) is 22.4 Å². The van der Waals surface area contributed by atoms with Crippen molar-refractivity contribution in [1.29, 1.82) is 0 Å². The summed E-state index contributed by atoms with van der Waals surface area (Å²) in [6, 6.07) is 3.21. The van der Waals surface area contributed by atoms with Crippen LogP contribution in [0.15, 0.2) is 16.8 Å². The molecule has 2 heteroatoms. The second kappa shape index (κ2) is 3.10. The van der Waals surface area contributed by atoms with Crippen molar-refractivity contribution in [2.24, 2.45) is 5.92 Å². The molecule has 13 heavy (non-hydrogen) atoms. The molecule has 1 aliphatic carbocycles. The zero-order valence-electron chi connectivity index (χ0n) is 7.78. The lowest BCUT2D eigenvalue weighted by Crippen LogP contribution is -2.30. The zero-order chi connectivity index (χ0) is 8.67. The normalized spacial score (nSPS) is 32.9. The first-order chi connectivity index (χ1) is 6.43. The lowest BCUT2D eigenvalue weighted by molar-refractivity contribution is 0.207. The molecule has 0 amide bonds. The monoisotopic (exact) mass is 193 g/mol. The Labute approximate surface area is 83.4 Å². The van der Waals surface area contributed by atoms with E-state index in [1.165, 1.54) is 37.9 Å². The summed E-state index contributed by atoms with van der Waals surface area (Å²) >= 11 is 1.82. The van der Waals surface area contributed by atoms with Gasteiger partial charge < -0.3 is 0 Å². The average Bonchev–Trinajstić information content (AvgIpc) is 2.77. The molecule has 0 aromatic carbocycles. The Kier molecular flexibility index (Phi) is 1.91. The highest BCUT2D eigenvalue weighted by Crippen LogP contribution is 2.43. The third-order valence-electron chi connectivity index (χ3n) is 3.34. The molecule has 0 N–H and O–H groups in total. The van der Waals surface area contributed by atoms with Gasteiger partial charge in [0.1, 0.15) is 0 Å². The van der Waals surface area contributed by atoms with Gasteiger partial charge in [-0.2, -0.15) is 11.3 Å². The van der Waals surface area contributed by atoms with Gasteiger partial charge in [-0.3, -0.25) is 4.90 Å². The highest BCUT2D eigenvalue weighted by Gasteiger charge is 2.43. The maximum atomic E-state index is 2.68. The van der Waals surface area contributed by atoms with Crippen LogP contribution in [-0.4, -0.2) is 17.5 Å². The summed E-state index contributed by atoms with van der Waals surface area (Å²) in [7, 11) is 0. The number of likely N-dealkylation sites (tertiary alicyclic amines) is 1. The van der Waals surface area contributed by atoms with Crippen molar-refractivity contribution in [3.8, 4) is 0 Å². The first kappa shape index (κ1) is 8.01. The molecule has 1 aliphatic heterocycles. The van der Waals surface area contributed by atoms with Crippen molar-refractivity contribution >= 4 is 11.3 Å². The molecule has 2 fully saturated rings. The largest absolute Gasteiger partial charge is 0.296 e. The second-order valence-electron chi connectivity index (χ2n) is 4.31. The predicted octanol–water partition coefficient (Wildman–Crippen LogP) is 2.73. The number of thiophene rings is 1. The van der Waals surface area contributed by atoms with Crippen molar-refractivity contribution in [1.82, 2.24) is 4.90 Å². The second-order valence-corrected chi connectivity index (χ2v) is 5.09. The van der Waals surface area contributed by atoms with Gasteiger partial charge in [-0.1, -0.05) is 0 Å². The molecule has 1 saturated carbocycles. The number of nitrogens with zero attached hydrogens (tertiary/aromatic N) is 1. The van der Waals surface area contributed by atoms with E-state index in [-0.39, 0.29) is 0 Å². The zero-order valence-corrected chi connectivity index (χ0v) is 8.59. The first-order valence-electron chi connectivity index (χ1n) is 5.18. The molecule has 2 unspecified atom stereocenters. The number of fused-ring (bicyclic) bond motifs is 1. The van der Waals surface area contributed by atoms with E-state index in [1.54, 1.807) is 0 Å². The third-order valence-corrected chi connectivity index (χ3v) is 4.07. The van der Waals surface area contributed by atoms with Crippen molar-refractivity contribution in [2.45, 2.75) is 31.8 Å². The third kappa shape index (κ3) is 1.53. The maximum absolute atomic E-state index is 2.68. The molecule has 0 bridgehead atoms. The van der Waals surface area contributed by atoms with Gasteiger partial charge in [-0.25, -0.2) is 0 Å². The topological polar surface area (TPSA) is 3.24 Å². The van der Waals surface area contributed by atoms with Gasteiger partial charge in [0.15, 0.2) is 0 Å². The van der Waals surface area contributed by atoms with Gasteiger partial charge in [0.05, 0.1) is 0 Å². The van der Waals surface area contributed by atoms with E-state index < -0.39 is 0 Å². The first-order valence-corrected chi connectivity index (χ1v) is 6.13. The summed E-state index contributed by atoms with van der Waals surface area (Å²) in [6.45, 7) is 2.53. The molecule has 3 rings (SSSR count). The molecular weight excluding hydrogens is 178 g/mol. The summed E-state index contributed by atoms with van der Waals surface area (Å²) in [6.07, 6.45) is 4.39. The van der Waals surface area contributed by atoms with E-state index in [9.17, 15) is 0 Å². The Morgan fingerprint density at radius 2 is 2.54 bits per heavy atom. The van der Waals surface area contributed by atoms with Crippen LogP contribution >= 0.6 is 11.3 Å². The predicted molar refractivity (Wildman–Crippen MR) is 55.9 cm³/mol. The summed E-state index contributed by atoms with van der Waals surface area (Å²) in [4.78, 5) is 2.68. The van der Waals surface area contributed by atoms with Crippen LogP contribution in [0.1, 0.15) is 24.8 Å². The average molecular weight is 193 g/mol. The number of hydrogen-bond donors (Lipinski definition) is 0. The molecule has 2 aliphatic rings. The molecule has 0 radical (unpaired) electrons. The molecular formula is C11H15NS. The fraction of sp³-hybridized carbons (Fsp3) is 0.636.